The maximum absolute atomic E-state index is 12.8. The lowest BCUT2D eigenvalue weighted by molar-refractivity contribution is -0.124. The Kier molecular flexibility index (Phi) is 8.04. The van der Waals surface area contributed by atoms with Crippen LogP contribution in [0.5, 0.6) is 0 Å². The van der Waals surface area contributed by atoms with Gasteiger partial charge in [0.15, 0.2) is 5.96 Å². The summed E-state index contributed by atoms with van der Waals surface area (Å²) in [6.45, 7) is 4.54. The molecule has 0 spiro atoms. The van der Waals surface area contributed by atoms with Crippen LogP contribution >= 0.6 is 11.6 Å². The maximum atomic E-state index is 12.8. The van der Waals surface area contributed by atoms with E-state index in [0.717, 1.165) is 18.4 Å². The van der Waals surface area contributed by atoms with Crippen molar-refractivity contribution in [3.05, 3.63) is 34.9 Å². The number of benzene rings is 1. The van der Waals surface area contributed by atoms with Crippen molar-refractivity contribution in [3.63, 3.8) is 0 Å². The predicted molar refractivity (Wildman–Crippen MR) is 118 cm³/mol. The number of halogens is 1. The summed E-state index contributed by atoms with van der Waals surface area (Å²) in [6.07, 6.45) is 1.29. The standard InChI is InChI=1S/C20H32ClN7O2/c1-12-9-17(28(3)27-12)19(29)24-20(22-13(2)11-30-4)23-18-10-16(25-26-18)14-5-7-15(21)8-6-14/h5-8,12-13,16-18,25-27H,9-11H2,1-4H3,(H2,22,23,24,29)/t12?,13-,16?,17?,18?/m0/s1. The minimum Gasteiger partial charge on any atom is -0.383 e. The van der Waals surface area contributed by atoms with Crippen LogP contribution in [0.25, 0.3) is 0 Å². The van der Waals surface area contributed by atoms with Crippen molar-refractivity contribution in [2.24, 2.45) is 4.99 Å². The summed E-state index contributed by atoms with van der Waals surface area (Å²) < 4.78 is 5.21. The highest BCUT2D eigenvalue weighted by atomic mass is 35.5. The van der Waals surface area contributed by atoms with Crippen LogP contribution in [0.2, 0.25) is 5.02 Å². The Morgan fingerprint density at radius 1 is 1.33 bits per heavy atom. The molecule has 30 heavy (non-hydrogen) atoms. The Morgan fingerprint density at radius 3 is 2.70 bits per heavy atom. The van der Waals surface area contributed by atoms with Crippen LogP contribution in [0.4, 0.5) is 0 Å². The second-order valence-corrected chi connectivity index (χ2v) is 8.44. The number of aliphatic imine (C=N–C) groups is 1. The van der Waals surface area contributed by atoms with Crippen molar-refractivity contribution in [2.45, 2.75) is 57.0 Å². The van der Waals surface area contributed by atoms with Crippen LogP contribution in [0, 0.1) is 0 Å². The summed E-state index contributed by atoms with van der Waals surface area (Å²) in [6, 6.07) is 7.86. The zero-order valence-electron chi connectivity index (χ0n) is 17.9. The number of hydrogen-bond donors (Lipinski definition) is 5. The molecular weight excluding hydrogens is 406 g/mol. The molecule has 9 nitrogen and oxygen atoms in total. The van der Waals surface area contributed by atoms with Gasteiger partial charge in [0.05, 0.1) is 6.61 Å². The highest BCUT2D eigenvalue weighted by Crippen LogP contribution is 2.24. The minimum atomic E-state index is -0.249. The van der Waals surface area contributed by atoms with Gasteiger partial charge in [0.25, 0.3) is 0 Å². The number of nitrogens with zero attached hydrogens (tertiary/aromatic N) is 2. The van der Waals surface area contributed by atoms with Crippen molar-refractivity contribution in [1.29, 1.82) is 0 Å². The van der Waals surface area contributed by atoms with Crippen LogP contribution in [0.15, 0.2) is 29.3 Å². The quantitative estimate of drug-likeness (QED) is 0.333. The number of guanidine groups is 1. The fourth-order valence-corrected chi connectivity index (χ4v) is 3.92. The van der Waals surface area contributed by atoms with Gasteiger partial charge in [-0.25, -0.2) is 20.9 Å². The van der Waals surface area contributed by atoms with Gasteiger partial charge in [0.1, 0.15) is 12.2 Å². The smallest absolute Gasteiger partial charge is 0.245 e. The van der Waals surface area contributed by atoms with E-state index in [-0.39, 0.29) is 36.2 Å². The molecule has 2 saturated heterocycles. The van der Waals surface area contributed by atoms with Crippen molar-refractivity contribution in [2.75, 3.05) is 20.8 Å². The number of hydrogen-bond acceptors (Lipinski definition) is 7. The molecule has 0 bridgehead atoms. The predicted octanol–water partition coefficient (Wildman–Crippen LogP) is 0.899. The molecule has 0 aliphatic carbocycles. The van der Waals surface area contributed by atoms with Crippen molar-refractivity contribution >= 4 is 23.5 Å². The molecule has 1 aromatic rings. The second kappa shape index (κ2) is 10.5. The maximum Gasteiger partial charge on any atom is 0.245 e. The molecule has 4 unspecified atom stereocenters. The number of carbonyl (C=O) groups is 1. The van der Waals surface area contributed by atoms with E-state index >= 15 is 0 Å². The molecule has 166 valence electrons. The lowest BCUT2D eigenvalue weighted by Crippen LogP contribution is -2.52. The molecule has 0 saturated carbocycles. The topological polar surface area (TPSA) is 102 Å². The largest absolute Gasteiger partial charge is 0.383 e. The lowest BCUT2D eigenvalue weighted by Gasteiger charge is -2.22. The van der Waals surface area contributed by atoms with E-state index in [2.05, 4.69) is 33.8 Å². The zero-order chi connectivity index (χ0) is 21.7. The summed E-state index contributed by atoms with van der Waals surface area (Å²) >= 11 is 5.99. The van der Waals surface area contributed by atoms with Gasteiger partial charge in [-0.05, 0) is 38.0 Å². The molecular formula is C20H32ClN7O2. The Bertz CT molecular complexity index is 745. The monoisotopic (exact) mass is 437 g/mol. The van der Waals surface area contributed by atoms with Crippen LogP contribution < -0.4 is 26.9 Å². The van der Waals surface area contributed by atoms with Crippen LogP contribution in [-0.2, 0) is 9.53 Å². The number of hydrazine groups is 2. The van der Waals surface area contributed by atoms with E-state index in [1.165, 1.54) is 0 Å². The van der Waals surface area contributed by atoms with Gasteiger partial charge >= 0.3 is 0 Å². The number of rotatable bonds is 6. The second-order valence-electron chi connectivity index (χ2n) is 8.00. The molecule has 10 heteroatoms. The highest BCUT2D eigenvalue weighted by molar-refractivity contribution is 6.30. The number of likely N-dealkylation sites (N-methyl/N-ethyl adjacent to an activating group) is 1. The average Bonchev–Trinajstić information content (AvgIpc) is 3.28. The Hall–Kier alpha value is -1.75. The van der Waals surface area contributed by atoms with E-state index < -0.39 is 0 Å². The van der Waals surface area contributed by atoms with E-state index in [4.69, 9.17) is 21.3 Å². The third kappa shape index (κ3) is 6.13. The van der Waals surface area contributed by atoms with Gasteiger partial charge in [-0.2, -0.15) is 0 Å². The van der Waals surface area contributed by atoms with Crippen molar-refractivity contribution in [1.82, 2.24) is 31.9 Å². The first kappa shape index (κ1) is 22.9. The zero-order valence-corrected chi connectivity index (χ0v) is 18.7. The number of methoxy groups -OCH3 is 1. The van der Waals surface area contributed by atoms with Gasteiger partial charge in [0, 0.05) is 43.7 Å². The molecule has 0 aromatic heterocycles. The minimum absolute atomic E-state index is 0.00571. The van der Waals surface area contributed by atoms with Crippen LogP contribution in [0.3, 0.4) is 0 Å². The van der Waals surface area contributed by atoms with Crippen LogP contribution in [-0.4, -0.2) is 61.9 Å². The third-order valence-corrected chi connectivity index (χ3v) is 5.50. The lowest BCUT2D eigenvalue weighted by atomic mass is 10.0. The van der Waals surface area contributed by atoms with Gasteiger partial charge in [0.2, 0.25) is 5.91 Å². The fourth-order valence-electron chi connectivity index (χ4n) is 3.79. The molecule has 5 atom stereocenters. The first-order valence-electron chi connectivity index (χ1n) is 10.3. The summed E-state index contributed by atoms with van der Waals surface area (Å²) in [7, 11) is 3.53. The van der Waals surface area contributed by atoms with Crippen molar-refractivity contribution in [3.8, 4) is 0 Å². The van der Waals surface area contributed by atoms with Gasteiger partial charge in [-0.1, -0.05) is 23.7 Å². The van der Waals surface area contributed by atoms with E-state index in [1.54, 1.807) is 7.11 Å². The van der Waals surface area contributed by atoms with E-state index in [9.17, 15) is 4.79 Å². The molecule has 3 rings (SSSR count). The number of nitrogens with one attached hydrogen (secondary N) is 5. The first-order chi connectivity index (χ1) is 14.4. The van der Waals surface area contributed by atoms with E-state index in [0.29, 0.717) is 17.6 Å². The van der Waals surface area contributed by atoms with Gasteiger partial charge in [-0.15, -0.1) is 0 Å². The molecule has 1 aromatic carbocycles. The summed E-state index contributed by atoms with van der Waals surface area (Å²) in [4.78, 5) is 17.6. The van der Waals surface area contributed by atoms with Gasteiger partial charge < -0.3 is 10.1 Å². The normalized spacial score (nSPS) is 28.5. The Labute approximate surface area is 182 Å². The Morgan fingerprint density at radius 2 is 2.07 bits per heavy atom. The molecule has 2 aliphatic rings. The Balaban J connectivity index is 1.67. The summed E-state index contributed by atoms with van der Waals surface area (Å²) in [5, 5.41) is 8.78. The first-order valence-corrected chi connectivity index (χ1v) is 10.6. The fraction of sp³-hybridized carbons (Fsp3) is 0.600. The highest BCUT2D eigenvalue weighted by Gasteiger charge is 2.33. The molecule has 2 fully saturated rings. The SMILES string of the molecule is COC[C@H](C)NC(=NC1CC(c2ccc(Cl)cc2)NN1)NC(=O)C1CC(C)NN1C. The summed E-state index contributed by atoms with van der Waals surface area (Å²) in [5.41, 5.74) is 10.8. The number of ether oxygens (including phenoxy) is 1. The molecule has 5 N–H and O–H groups in total. The average molecular weight is 438 g/mol. The number of carbonyl (C=O) groups excluding carboxylic acids is 1. The number of amides is 1. The third-order valence-electron chi connectivity index (χ3n) is 5.25. The van der Waals surface area contributed by atoms with Gasteiger partial charge in [-0.3, -0.25) is 15.5 Å². The molecule has 1 amide bonds. The van der Waals surface area contributed by atoms with E-state index in [1.807, 2.05) is 43.2 Å². The molecule has 2 aliphatic heterocycles. The van der Waals surface area contributed by atoms with Crippen molar-refractivity contribution < 1.29 is 9.53 Å². The summed E-state index contributed by atoms with van der Waals surface area (Å²) in [5.74, 6) is 0.346. The van der Waals surface area contributed by atoms with Crippen LogP contribution in [0.1, 0.15) is 38.3 Å². The molecule has 2 heterocycles. The molecule has 0 radical (unpaired) electrons.